The first-order valence-corrected chi connectivity index (χ1v) is 6.96. The highest BCUT2D eigenvalue weighted by atomic mass is 16.3. The average Bonchev–Trinajstić information content (AvgIpc) is 2.55. The SMILES string of the molecule is OCCN1CCN(C2CCC3CCC32)CC1. The molecule has 3 aliphatic rings. The molecule has 3 fully saturated rings. The predicted molar refractivity (Wildman–Crippen MR) is 64.3 cm³/mol. The van der Waals surface area contributed by atoms with Crippen LogP contribution in [0, 0.1) is 11.8 Å². The molecule has 2 saturated carbocycles. The molecule has 0 radical (unpaired) electrons. The number of piperazine rings is 1. The van der Waals surface area contributed by atoms with E-state index in [0.717, 1.165) is 37.5 Å². The van der Waals surface area contributed by atoms with Gasteiger partial charge in [-0.1, -0.05) is 0 Å². The van der Waals surface area contributed by atoms with Crippen molar-refractivity contribution in [3.05, 3.63) is 0 Å². The van der Waals surface area contributed by atoms with Gasteiger partial charge in [0.1, 0.15) is 0 Å². The highest BCUT2D eigenvalue weighted by molar-refractivity contribution is 4.97. The predicted octanol–water partition coefficient (Wildman–Crippen LogP) is 0.785. The van der Waals surface area contributed by atoms with Crippen LogP contribution in [0.25, 0.3) is 0 Å². The van der Waals surface area contributed by atoms with Crippen molar-refractivity contribution >= 4 is 0 Å². The highest BCUT2D eigenvalue weighted by Gasteiger charge is 2.44. The zero-order valence-electron chi connectivity index (χ0n) is 10.1. The summed E-state index contributed by atoms with van der Waals surface area (Å²) >= 11 is 0. The molecule has 0 aromatic carbocycles. The maximum atomic E-state index is 8.93. The van der Waals surface area contributed by atoms with Crippen molar-refractivity contribution in [2.45, 2.75) is 31.7 Å². The van der Waals surface area contributed by atoms with Crippen molar-refractivity contribution in [3.8, 4) is 0 Å². The zero-order valence-corrected chi connectivity index (χ0v) is 10.1. The Morgan fingerprint density at radius 3 is 2.25 bits per heavy atom. The van der Waals surface area contributed by atoms with E-state index in [0.29, 0.717) is 6.61 Å². The normalized spacial score (nSPS) is 40.7. The first-order chi connectivity index (χ1) is 7.88. The number of aliphatic hydroxyl groups excluding tert-OH is 1. The van der Waals surface area contributed by atoms with E-state index in [-0.39, 0.29) is 0 Å². The van der Waals surface area contributed by atoms with Crippen molar-refractivity contribution < 1.29 is 5.11 Å². The van der Waals surface area contributed by atoms with E-state index in [1.165, 1.54) is 38.8 Å². The third kappa shape index (κ3) is 1.89. The molecular formula is C13H24N2O. The fraction of sp³-hybridized carbons (Fsp3) is 1.00. The van der Waals surface area contributed by atoms with E-state index < -0.39 is 0 Å². The van der Waals surface area contributed by atoms with Gasteiger partial charge in [0.05, 0.1) is 6.61 Å². The molecule has 1 aliphatic heterocycles. The first kappa shape index (κ1) is 11.0. The summed E-state index contributed by atoms with van der Waals surface area (Å²) in [5.74, 6) is 2.13. The van der Waals surface area contributed by atoms with Crippen LogP contribution in [0.1, 0.15) is 25.7 Å². The molecule has 0 bridgehead atoms. The molecule has 0 amide bonds. The maximum absolute atomic E-state index is 8.93. The topological polar surface area (TPSA) is 26.7 Å². The summed E-state index contributed by atoms with van der Waals surface area (Å²) < 4.78 is 0. The standard InChI is InChI=1S/C13H24N2O/c16-10-9-14-5-7-15(8-6-14)13-4-2-11-1-3-12(11)13/h11-13,16H,1-10H2. The Morgan fingerprint density at radius 1 is 0.938 bits per heavy atom. The van der Waals surface area contributed by atoms with Gasteiger partial charge in [-0.05, 0) is 37.5 Å². The second kappa shape index (κ2) is 4.63. The third-order valence-corrected chi connectivity index (χ3v) is 5.10. The summed E-state index contributed by atoms with van der Waals surface area (Å²) in [5, 5.41) is 8.93. The molecule has 3 nitrogen and oxygen atoms in total. The minimum Gasteiger partial charge on any atom is -0.395 e. The molecule has 3 unspecified atom stereocenters. The molecule has 92 valence electrons. The third-order valence-electron chi connectivity index (χ3n) is 5.10. The molecule has 0 aromatic rings. The fourth-order valence-corrected chi connectivity index (χ4v) is 3.97. The molecule has 0 aromatic heterocycles. The van der Waals surface area contributed by atoms with Crippen molar-refractivity contribution in [2.24, 2.45) is 11.8 Å². The first-order valence-electron chi connectivity index (χ1n) is 6.96. The number of hydrogen-bond donors (Lipinski definition) is 1. The van der Waals surface area contributed by atoms with Crippen LogP contribution >= 0.6 is 0 Å². The van der Waals surface area contributed by atoms with E-state index in [2.05, 4.69) is 9.80 Å². The number of fused-ring (bicyclic) bond motifs is 1. The van der Waals surface area contributed by atoms with Gasteiger partial charge in [0.25, 0.3) is 0 Å². The van der Waals surface area contributed by atoms with Gasteiger partial charge in [-0.25, -0.2) is 0 Å². The van der Waals surface area contributed by atoms with Crippen LogP contribution < -0.4 is 0 Å². The Bertz CT molecular complexity index is 238. The van der Waals surface area contributed by atoms with Crippen LogP contribution in [0.4, 0.5) is 0 Å². The summed E-state index contributed by atoms with van der Waals surface area (Å²) in [4.78, 5) is 5.13. The van der Waals surface area contributed by atoms with Crippen molar-refractivity contribution in [1.29, 1.82) is 0 Å². The maximum Gasteiger partial charge on any atom is 0.0558 e. The van der Waals surface area contributed by atoms with Gasteiger partial charge < -0.3 is 5.11 Å². The van der Waals surface area contributed by atoms with Crippen LogP contribution in [0.5, 0.6) is 0 Å². The zero-order chi connectivity index (χ0) is 11.0. The highest BCUT2D eigenvalue weighted by Crippen LogP contribution is 2.48. The minimum atomic E-state index is 0.314. The Morgan fingerprint density at radius 2 is 1.69 bits per heavy atom. The lowest BCUT2D eigenvalue weighted by Crippen LogP contribution is -2.52. The number of aliphatic hydroxyl groups is 1. The number of hydrogen-bond acceptors (Lipinski definition) is 3. The Labute approximate surface area is 98.4 Å². The molecule has 0 spiro atoms. The molecule has 1 saturated heterocycles. The Kier molecular flexibility index (Phi) is 3.18. The second-order valence-electron chi connectivity index (χ2n) is 5.75. The van der Waals surface area contributed by atoms with Gasteiger partial charge in [-0.3, -0.25) is 9.80 Å². The van der Waals surface area contributed by atoms with Crippen molar-refractivity contribution in [1.82, 2.24) is 9.80 Å². The van der Waals surface area contributed by atoms with E-state index in [4.69, 9.17) is 5.11 Å². The minimum absolute atomic E-state index is 0.314. The number of β-amino-alcohol motifs (C(OH)–C–C–N with tert-alkyl or cyclic N) is 1. The number of rotatable bonds is 3. The average molecular weight is 224 g/mol. The van der Waals surface area contributed by atoms with Crippen LogP contribution in [0.2, 0.25) is 0 Å². The summed E-state index contributed by atoms with van der Waals surface area (Å²) in [6.07, 6.45) is 5.94. The Balaban J connectivity index is 1.50. The lowest BCUT2D eigenvalue weighted by atomic mass is 9.74. The van der Waals surface area contributed by atoms with Gasteiger partial charge in [0.2, 0.25) is 0 Å². The van der Waals surface area contributed by atoms with E-state index in [9.17, 15) is 0 Å². The fourth-order valence-electron chi connectivity index (χ4n) is 3.97. The summed E-state index contributed by atoms with van der Waals surface area (Å²) in [7, 11) is 0. The molecule has 3 heteroatoms. The summed E-state index contributed by atoms with van der Waals surface area (Å²) in [6, 6.07) is 0.912. The van der Waals surface area contributed by atoms with E-state index in [1.54, 1.807) is 0 Å². The van der Waals surface area contributed by atoms with Crippen LogP contribution in [-0.2, 0) is 0 Å². The lowest BCUT2D eigenvalue weighted by Gasteiger charge is -2.43. The number of nitrogens with zero attached hydrogens (tertiary/aromatic N) is 2. The smallest absolute Gasteiger partial charge is 0.0558 e. The van der Waals surface area contributed by atoms with E-state index in [1.807, 2.05) is 0 Å². The van der Waals surface area contributed by atoms with Gasteiger partial charge in [-0.15, -0.1) is 0 Å². The van der Waals surface area contributed by atoms with Crippen molar-refractivity contribution in [3.63, 3.8) is 0 Å². The van der Waals surface area contributed by atoms with Gasteiger partial charge in [0, 0.05) is 38.8 Å². The van der Waals surface area contributed by atoms with Crippen LogP contribution in [-0.4, -0.2) is 60.3 Å². The molecule has 3 rings (SSSR count). The van der Waals surface area contributed by atoms with Gasteiger partial charge >= 0.3 is 0 Å². The summed E-state index contributed by atoms with van der Waals surface area (Å²) in [5.41, 5.74) is 0. The lowest BCUT2D eigenvalue weighted by molar-refractivity contribution is 0.0445. The Hall–Kier alpha value is -0.120. The molecule has 1 heterocycles. The summed E-state index contributed by atoms with van der Waals surface area (Å²) in [6.45, 7) is 5.96. The monoisotopic (exact) mass is 224 g/mol. The molecule has 16 heavy (non-hydrogen) atoms. The van der Waals surface area contributed by atoms with Gasteiger partial charge in [-0.2, -0.15) is 0 Å². The second-order valence-corrected chi connectivity index (χ2v) is 5.75. The van der Waals surface area contributed by atoms with Crippen LogP contribution in [0.15, 0.2) is 0 Å². The quantitative estimate of drug-likeness (QED) is 0.767. The van der Waals surface area contributed by atoms with E-state index >= 15 is 0 Å². The van der Waals surface area contributed by atoms with Crippen LogP contribution in [0.3, 0.4) is 0 Å². The molecule has 2 aliphatic carbocycles. The van der Waals surface area contributed by atoms with Gasteiger partial charge in [0.15, 0.2) is 0 Å². The largest absolute Gasteiger partial charge is 0.395 e. The molecule has 3 atom stereocenters. The molecule has 1 N–H and O–H groups in total. The van der Waals surface area contributed by atoms with Crippen molar-refractivity contribution in [2.75, 3.05) is 39.3 Å². The molecular weight excluding hydrogens is 200 g/mol.